The van der Waals surface area contributed by atoms with Crippen molar-refractivity contribution in [2.75, 3.05) is 7.11 Å². The van der Waals surface area contributed by atoms with Crippen molar-refractivity contribution in [3.63, 3.8) is 0 Å². The molecule has 1 N–H and O–H groups in total. The van der Waals surface area contributed by atoms with Gasteiger partial charge in [0, 0.05) is 21.5 Å². The third kappa shape index (κ3) is 3.77. The first-order valence-corrected chi connectivity index (χ1v) is 11.7. The van der Waals surface area contributed by atoms with Crippen LogP contribution in [0.25, 0.3) is 27.0 Å². The molecule has 0 radical (unpaired) electrons. The Labute approximate surface area is 195 Å². The van der Waals surface area contributed by atoms with E-state index in [1.807, 2.05) is 47.8 Å². The summed E-state index contributed by atoms with van der Waals surface area (Å²) in [6, 6.07) is 14.9. The van der Waals surface area contributed by atoms with Gasteiger partial charge >= 0.3 is 0 Å². The predicted octanol–water partition coefficient (Wildman–Crippen LogP) is 4.58. The SMILES string of the molecule is COc1ccccc1-n1nnnc1SCc1nc2scc(-c3ccccc3Cl)c2c(=O)[nH]1. The third-order valence-electron chi connectivity index (χ3n) is 4.75. The predicted molar refractivity (Wildman–Crippen MR) is 126 cm³/mol. The zero-order valence-electron chi connectivity index (χ0n) is 16.7. The minimum absolute atomic E-state index is 0.203. The second-order valence-corrected chi connectivity index (χ2v) is 8.86. The van der Waals surface area contributed by atoms with Gasteiger partial charge in [-0.25, -0.2) is 4.98 Å². The van der Waals surface area contributed by atoms with Crippen molar-refractivity contribution in [2.24, 2.45) is 0 Å². The van der Waals surface area contributed by atoms with Gasteiger partial charge in [-0.3, -0.25) is 4.79 Å². The van der Waals surface area contributed by atoms with E-state index in [2.05, 4.69) is 25.5 Å². The van der Waals surface area contributed by atoms with Crippen molar-refractivity contribution in [3.05, 3.63) is 75.1 Å². The van der Waals surface area contributed by atoms with Crippen LogP contribution in [-0.4, -0.2) is 37.3 Å². The molecule has 0 fully saturated rings. The lowest BCUT2D eigenvalue weighted by Gasteiger charge is -2.08. The number of benzene rings is 2. The molecule has 0 aliphatic carbocycles. The monoisotopic (exact) mass is 482 g/mol. The maximum atomic E-state index is 12.9. The topological polar surface area (TPSA) is 98.6 Å². The van der Waals surface area contributed by atoms with E-state index in [1.165, 1.54) is 23.1 Å². The van der Waals surface area contributed by atoms with Gasteiger partial charge in [0.1, 0.15) is 22.1 Å². The van der Waals surface area contributed by atoms with Crippen LogP contribution in [0.15, 0.2) is 63.9 Å². The average Bonchev–Trinajstić information content (AvgIpc) is 3.45. The number of aromatic nitrogens is 6. The highest BCUT2D eigenvalue weighted by Crippen LogP contribution is 2.35. The fourth-order valence-corrected chi connectivity index (χ4v) is 5.25. The van der Waals surface area contributed by atoms with E-state index >= 15 is 0 Å². The highest BCUT2D eigenvalue weighted by molar-refractivity contribution is 7.98. The number of nitrogens with one attached hydrogen (secondary N) is 1. The quantitative estimate of drug-likeness (QED) is 0.353. The number of rotatable bonds is 6. The molecule has 0 amide bonds. The number of thiophene rings is 1. The maximum absolute atomic E-state index is 12.9. The number of tetrazole rings is 1. The van der Waals surface area contributed by atoms with E-state index in [9.17, 15) is 4.79 Å². The Bertz CT molecular complexity index is 1480. The van der Waals surface area contributed by atoms with Crippen LogP contribution in [-0.2, 0) is 5.75 Å². The smallest absolute Gasteiger partial charge is 0.260 e. The molecule has 2 aromatic carbocycles. The summed E-state index contributed by atoms with van der Waals surface area (Å²) < 4.78 is 7.00. The van der Waals surface area contributed by atoms with E-state index in [4.69, 9.17) is 16.3 Å². The largest absolute Gasteiger partial charge is 0.494 e. The Morgan fingerprint density at radius 1 is 1.16 bits per heavy atom. The zero-order chi connectivity index (χ0) is 22.1. The number of aromatic amines is 1. The summed E-state index contributed by atoms with van der Waals surface area (Å²) in [5, 5.41) is 15.5. The van der Waals surface area contributed by atoms with Crippen LogP contribution in [0.1, 0.15) is 5.82 Å². The third-order valence-corrected chi connectivity index (χ3v) is 6.88. The maximum Gasteiger partial charge on any atom is 0.260 e. The van der Waals surface area contributed by atoms with Crippen molar-refractivity contribution >= 4 is 44.9 Å². The number of ether oxygens (including phenoxy) is 1. The molecule has 0 unspecified atom stereocenters. The second kappa shape index (κ2) is 8.73. The van der Waals surface area contributed by atoms with Crippen LogP contribution in [0.5, 0.6) is 5.75 Å². The molecule has 0 saturated heterocycles. The molecule has 3 heterocycles. The molecule has 32 heavy (non-hydrogen) atoms. The summed E-state index contributed by atoms with van der Waals surface area (Å²) in [5.41, 5.74) is 2.11. The summed E-state index contributed by atoms with van der Waals surface area (Å²) >= 11 is 9.11. The van der Waals surface area contributed by atoms with Gasteiger partial charge in [-0.2, -0.15) is 4.68 Å². The van der Waals surface area contributed by atoms with Gasteiger partial charge in [0.05, 0.1) is 18.2 Å². The van der Waals surface area contributed by atoms with Crippen LogP contribution in [0.4, 0.5) is 0 Å². The van der Waals surface area contributed by atoms with Gasteiger partial charge < -0.3 is 9.72 Å². The van der Waals surface area contributed by atoms with E-state index in [0.717, 1.165) is 16.8 Å². The molecule has 0 spiro atoms. The van der Waals surface area contributed by atoms with Gasteiger partial charge in [0.25, 0.3) is 5.56 Å². The molecule has 0 aliphatic rings. The standard InChI is InChI=1S/C21H15ClN6O2S2/c1-30-16-9-5-4-8-15(16)28-21(25-26-27-28)32-11-17-23-19(29)18-13(10-31-20(18)24-17)12-6-2-3-7-14(12)22/h2-10H,11H2,1H3,(H,23,24,29). The number of fused-ring (bicyclic) bond motifs is 1. The number of hydrogen-bond acceptors (Lipinski definition) is 8. The first-order valence-electron chi connectivity index (χ1n) is 9.45. The average molecular weight is 483 g/mol. The zero-order valence-corrected chi connectivity index (χ0v) is 19.0. The Balaban J connectivity index is 1.44. The second-order valence-electron chi connectivity index (χ2n) is 6.66. The highest BCUT2D eigenvalue weighted by Gasteiger charge is 2.17. The first-order chi connectivity index (χ1) is 15.7. The lowest BCUT2D eigenvalue weighted by Crippen LogP contribution is -2.11. The Kier molecular flexibility index (Phi) is 5.64. The Morgan fingerprint density at radius 2 is 1.97 bits per heavy atom. The van der Waals surface area contributed by atoms with Gasteiger partial charge in [0.2, 0.25) is 5.16 Å². The van der Waals surface area contributed by atoms with Crippen molar-refractivity contribution < 1.29 is 4.74 Å². The fourth-order valence-electron chi connectivity index (χ4n) is 3.30. The van der Waals surface area contributed by atoms with Crippen molar-refractivity contribution in [2.45, 2.75) is 10.9 Å². The molecule has 11 heteroatoms. The van der Waals surface area contributed by atoms with Gasteiger partial charge in [-0.05, 0) is 28.6 Å². The molecule has 0 atom stereocenters. The summed E-state index contributed by atoms with van der Waals surface area (Å²) in [5.74, 6) is 1.58. The van der Waals surface area contributed by atoms with Crippen LogP contribution >= 0.6 is 34.7 Å². The van der Waals surface area contributed by atoms with E-state index in [1.54, 1.807) is 17.9 Å². The fraction of sp³-hybridized carbons (Fsp3) is 0.0952. The van der Waals surface area contributed by atoms with Crippen molar-refractivity contribution in [3.8, 4) is 22.6 Å². The number of hydrogen-bond donors (Lipinski definition) is 1. The van der Waals surface area contributed by atoms with Gasteiger partial charge in [-0.1, -0.05) is 53.7 Å². The molecular weight excluding hydrogens is 468 g/mol. The molecule has 5 aromatic rings. The normalized spacial score (nSPS) is 11.2. The number of nitrogens with zero attached hydrogens (tertiary/aromatic N) is 5. The lowest BCUT2D eigenvalue weighted by atomic mass is 10.1. The van der Waals surface area contributed by atoms with E-state index < -0.39 is 0 Å². The molecule has 0 aliphatic heterocycles. The Morgan fingerprint density at radius 3 is 2.81 bits per heavy atom. The molecule has 3 aromatic heterocycles. The Hall–Kier alpha value is -3.21. The molecule has 0 saturated carbocycles. The van der Waals surface area contributed by atoms with Crippen LogP contribution in [0, 0.1) is 0 Å². The minimum Gasteiger partial charge on any atom is -0.494 e. The number of para-hydroxylation sites is 2. The van der Waals surface area contributed by atoms with E-state index in [0.29, 0.717) is 37.7 Å². The van der Waals surface area contributed by atoms with Crippen LogP contribution in [0.3, 0.4) is 0 Å². The molecule has 8 nitrogen and oxygen atoms in total. The van der Waals surface area contributed by atoms with Gasteiger partial charge in [-0.15, -0.1) is 16.4 Å². The number of thioether (sulfide) groups is 1. The molecule has 160 valence electrons. The highest BCUT2D eigenvalue weighted by atomic mass is 35.5. The number of H-pyrrole nitrogens is 1. The summed E-state index contributed by atoms with van der Waals surface area (Å²) in [6.07, 6.45) is 0. The number of halogens is 1. The summed E-state index contributed by atoms with van der Waals surface area (Å²) in [6.45, 7) is 0. The van der Waals surface area contributed by atoms with Gasteiger partial charge in [0.15, 0.2) is 0 Å². The van der Waals surface area contributed by atoms with Crippen molar-refractivity contribution in [1.29, 1.82) is 0 Å². The van der Waals surface area contributed by atoms with Crippen LogP contribution in [0.2, 0.25) is 5.02 Å². The van der Waals surface area contributed by atoms with Crippen LogP contribution < -0.4 is 10.3 Å². The molecule has 5 rings (SSSR count). The molecular formula is C21H15ClN6O2S2. The van der Waals surface area contributed by atoms with Crippen molar-refractivity contribution in [1.82, 2.24) is 30.2 Å². The number of methoxy groups -OCH3 is 1. The summed E-state index contributed by atoms with van der Waals surface area (Å²) in [4.78, 5) is 21.1. The van der Waals surface area contributed by atoms with E-state index in [-0.39, 0.29) is 5.56 Å². The molecule has 0 bridgehead atoms. The lowest BCUT2D eigenvalue weighted by molar-refractivity contribution is 0.410. The minimum atomic E-state index is -0.203. The first kappa shape index (κ1) is 20.7. The summed E-state index contributed by atoms with van der Waals surface area (Å²) in [7, 11) is 1.60.